The lowest BCUT2D eigenvalue weighted by Gasteiger charge is -2.16. The molecule has 0 aliphatic rings. The van der Waals surface area contributed by atoms with Crippen LogP contribution < -0.4 is 10.3 Å². The van der Waals surface area contributed by atoms with E-state index >= 15 is 0 Å². The van der Waals surface area contributed by atoms with E-state index in [1.54, 1.807) is 30.1 Å². The van der Waals surface area contributed by atoms with Gasteiger partial charge in [-0.15, -0.1) is 0 Å². The maximum atomic E-state index is 13.0. The second kappa shape index (κ2) is 7.56. The van der Waals surface area contributed by atoms with Gasteiger partial charge in [-0.2, -0.15) is 5.10 Å². The number of aliphatic hydroxyl groups is 1. The molecule has 0 aliphatic heterocycles. The second-order valence-corrected chi connectivity index (χ2v) is 7.22. The zero-order valence-corrected chi connectivity index (χ0v) is 16.7. The lowest BCUT2D eigenvalue weighted by atomic mass is 10.0. The van der Waals surface area contributed by atoms with Gasteiger partial charge in [-0.05, 0) is 43.2 Å². The first-order chi connectivity index (χ1) is 14.0. The number of aliphatic hydroxyl groups excluding tert-OH is 1. The first-order valence-corrected chi connectivity index (χ1v) is 9.45. The van der Waals surface area contributed by atoms with E-state index in [4.69, 9.17) is 4.74 Å². The Kier molecular flexibility index (Phi) is 4.94. The van der Waals surface area contributed by atoms with Gasteiger partial charge < -0.3 is 14.4 Å². The molecule has 1 N–H and O–H groups in total. The fourth-order valence-corrected chi connectivity index (χ4v) is 3.58. The van der Waals surface area contributed by atoms with E-state index in [0.717, 1.165) is 28.0 Å². The fraction of sp³-hybridized carbons (Fsp3) is 0.217. The molecule has 29 heavy (non-hydrogen) atoms. The number of rotatable bonds is 5. The number of hydrogen-bond acceptors (Lipinski definition) is 4. The van der Waals surface area contributed by atoms with Crippen LogP contribution in [0, 0.1) is 13.8 Å². The van der Waals surface area contributed by atoms with Crippen LogP contribution in [0.25, 0.3) is 16.8 Å². The largest absolute Gasteiger partial charge is 0.497 e. The quantitative estimate of drug-likeness (QED) is 0.567. The Bertz CT molecular complexity index is 1240. The topological polar surface area (TPSA) is 68.8 Å². The van der Waals surface area contributed by atoms with Crippen molar-refractivity contribution in [2.45, 2.75) is 26.5 Å². The van der Waals surface area contributed by atoms with Crippen LogP contribution in [-0.2, 0) is 6.54 Å². The Hall–Kier alpha value is -3.38. The molecule has 2 heterocycles. The summed E-state index contributed by atoms with van der Waals surface area (Å²) >= 11 is 0. The summed E-state index contributed by atoms with van der Waals surface area (Å²) < 4.78 is 8.36. The van der Waals surface area contributed by atoms with Crippen molar-refractivity contribution >= 4 is 5.52 Å². The average Bonchev–Trinajstić information content (AvgIpc) is 3.15. The molecule has 6 heteroatoms. The van der Waals surface area contributed by atoms with Crippen LogP contribution in [0.5, 0.6) is 5.75 Å². The average molecular weight is 389 g/mol. The third-order valence-electron chi connectivity index (χ3n) is 5.12. The summed E-state index contributed by atoms with van der Waals surface area (Å²) in [6.45, 7) is 4.16. The van der Waals surface area contributed by atoms with Crippen molar-refractivity contribution in [2.24, 2.45) is 0 Å². The fourth-order valence-electron chi connectivity index (χ4n) is 3.58. The van der Waals surface area contributed by atoms with Crippen molar-refractivity contribution in [3.8, 4) is 17.0 Å². The molecule has 4 aromatic rings. The lowest BCUT2D eigenvalue weighted by molar-refractivity contribution is 0.154. The van der Waals surface area contributed by atoms with Crippen LogP contribution in [0.4, 0.5) is 0 Å². The Balaban J connectivity index is 1.68. The number of methoxy groups -OCH3 is 1. The molecular weight excluding hydrogens is 366 g/mol. The van der Waals surface area contributed by atoms with Crippen LogP contribution in [0.2, 0.25) is 0 Å². The van der Waals surface area contributed by atoms with Crippen LogP contribution in [0.3, 0.4) is 0 Å². The van der Waals surface area contributed by atoms with Crippen molar-refractivity contribution in [3.63, 3.8) is 0 Å². The van der Waals surface area contributed by atoms with E-state index in [9.17, 15) is 9.90 Å². The summed E-state index contributed by atoms with van der Waals surface area (Å²) in [5.41, 5.74) is 4.80. The van der Waals surface area contributed by atoms with Gasteiger partial charge in [0.25, 0.3) is 5.56 Å². The Morgan fingerprint density at radius 2 is 1.93 bits per heavy atom. The smallest absolute Gasteiger partial charge is 0.276 e. The number of benzene rings is 2. The molecule has 2 aromatic carbocycles. The van der Waals surface area contributed by atoms with Crippen molar-refractivity contribution in [1.82, 2.24) is 14.2 Å². The molecule has 4 rings (SSSR count). The van der Waals surface area contributed by atoms with Crippen molar-refractivity contribution < 1.29 is 9.84 Å². The molecule has 6 nitrogen and oxygen atoms in total. The molecule has 0 unspecified atom stereocenters. The summed E-state index contributed by atoms with van der Waals surface area (Å²) in [4.78, 5) is 13.0. The SMILES string of the molecule is COc1cccc(-c2cc3c(=O)n(C[C@H](O)c4ccc(C)cc4C)ccn3n2)c1. The Morgan fingerprint density at radius 3 is 2.69 bits per heavy atom. The van der Waals surface area contributed by atoms with Gasteiger partial charge in [0, 0.05) is 18.0 Å². The Labute approximate surface area is 168 Å². The monoisotopic (exact) mass is 389 g/mol. The summed E-state index contributed by atoms with van der Waals surface area (Å²) in [7, 11) is 1.61. The van der Waals surface area contributed by atoms with Crippen LogP contribution in [0.1, 0.15) is 22.8 Å². The van der Waals surface area contributed by atoms with Gasteiger partial charge >= 0.3 is 0 Å². The third kappa shape index (κ3) is 3.67. The molecule has 0 amide bonds. The van der Waals surface area contributed by atoms with Crippen LogP contribution >= 0.6 is 0 Å². The predicted molar refractivity (Wildman–Crippen MR) is 112 cm³/mol. The molecule has 0 saturated carbocycles. The highest BCUT2D eigenvalue weighted by Gasteiger charge is 2.15. The van der Waals surface area contributed by atoms with Gasteiger partial charge in [-0.1, -0.05) is 35.9 Å². The summed E-state index contributed by atoms with van der Waals surface area (Å²) in [5, 5.41) is 15.2. The highest BCUT2D eigenvalue weighted by Crippen LogP contribution is 2.23. The number of aromatic nitrogens is 3. The highest BCUT2D eigenvalue weighted by atomic mass is 16.5. The predicted octanol–water partition coefficient (Wildman–Crippen LogP) is 3.52. The standard InChI is InChI=1S/C23H23N3O3/c1-15-7-8-19(16(2)11-15)22(27)14-25-9-10-26-21(23(25)28)13-20(24-26)17-5-4-6-18(12-17)29-3/h4-13,22,27H,14H2,1-3H3/t22-/m0/s1. The maximum absolute atomic E-state index is 13.0. The van der Waals surface area contributed by atoms with Gasteiger partial charge in [0.2, 0.25) is 0 Å². The van der Waals surface area contributed by atoms with E-state index in [0.29, 0.717) is 11.2 Å². The van der Waals surface area contributed by atoms with Gasteiger partial charge in [0.15, 0.2) is 0 Å². The summed E-state index contributed by atoms with van der Waals surface area (Å²) in [6.07, 6.45) is 2.62. The molecule has 0 aliphatic carbocycles. The highest BCUT2D eigenvalue weighted by molar-refractivity contribution is 5.66. The van der Waals surface area contributed by atoms with E-state index in [1.165, 1.54) is 4.57 Å². The van der Waals surface area contributed by atoms with Crippen molar-refractivity contribution in [1.29, 1.82) is 0 Å². The first-order valence-electron chi connectivity index (χ1n) is 9.45. The van der Waals surface area contributed by atoms with Gasteiger partial charge in [-0.3, -0.25) is 4.79 Å². The minimum atomic E-state index is -0.767. The second-order valence-electron chi connectivity index (χ2n) is 7.22. The summed E-state index contributed by atoms with van der Waals surface area (Å²) in [5.74, 6) is 0.730. The van der Waals surface area contributed by atoms with Crippen LogP contribution in [0.15, 0.2) is 65.7 Å². The maximum Gasteiger partial charge on any atom is 0.276 e. The molecule has 2 aromatic heterocycles. The van der Waals surface area contributed by atoms with Crippen molar-refractivity contribution in [2.75, 3.05) is 7.11 Å². The number of hydrogen-bond donors (Lipinski definition) is 1. The zero-order valence-electron chi connectivity index (χ0n) is 16.7. The Morgan fingerprint density at radius 1 is 1.10 bits per heavy atom. The molecule has 1 atom stereocenters. The number of ether oxygens (including phenoxy) is 1. The molecule has 0 bridgehead atoms. The lowest BCUT2D eigenvalue weighted by Crippen LogP contribution is -2.24. The molecule has 0 fully saturated rings. The minimum absolute atomic E-state index is 0.179. The molecule has 148 valence electrons. The minimum Gasteiger partial charge on any atom is -0.497 e. The van der Waals surface area contributed by atoms with Gasteiger partial charge in [0.1, 0.15) is 11.3 Å². The van der Waals surface area contributed by atoms with Crippen LogP contribution in [-0.4, -0.2) is 26.4 Å². The van der Waals surface area contributed by atoms with Crippen molar-refractivity contribution in [3.05, 3.63) is 88.0 Å². The van der Waals surface area contributed by atoms with E-state index < -0.39 is 6.10 Å². The first kappa shape index (κ1) is 19.0. The van der Waals surface area contributed by atoms with Gasteiger partial charge in [0.05, 0.1) is 25.5 Å². The number of nitrogens with zero attached hydrogens (tertiary/aromatic N) is 3. The van der Waals surface area contributed by atoms with E-state index in [2.05, 4.69) is 5.10 Å². The molecular formula is C23H23N3O3. The number of aryl methyl sites for hydroxylation is 2. The zero-order chi connectivity index (χ0) is 20.5. The summed E-state index contributed by atoms with van der Waals surface area (Å²) in [6, 6.07) is 15.2. The normalized spacial score (nSPS) is 12.3. The van der Waals surface area contributed by atoms with Gasteiger partial charge in [-0.25, -0.2) is 4.52 Å². The van der Waals surface area contributed by atoms with E-state index in [-0.39, 0.29) is 12.1 Å². The number of fused-ring (bicyclic) bond motifs is 1. The van der Waals surface area contributed by atoms with E-state index in [1.807, 2.05) is 56.3 Å². The molecule has 0 spiro atoms. The third-order valence-corrected chi connectivity index (χ3v) is 5.12. The molecule has 0 saturated heterocycles. The molecule has 0 radical (unpaired) electrons.